The molecule has 0 saturated carbocycles. The third-order valence-corrected chi connectivity index (χ3v) is 4.87. The number of nitrogens with one attached hydrogen (secondary N) is 1. The Labute approximate surface area is 176 Å². The summed E-state index contributed by atoms with van der Waals surface area (Å²) in [6, 6.07) is 9.11. The van der Waals surface area contributed by atoms with Crippen LogP contribution in [0.4, 0.5) is 24.0 Å². The minimum absolute atomic E-state index is 0.125. The number of benzene rings is 1. The molecule has 0 atom stereocenters. The maximum Gasteiger partial charge on any atom is 0.445 e. The lowest BCUT2D eigenvalue weighted by Gasteiger charge is -2.10. The van der Waals surface area contributed by atoms with E-state index in [0.717, 1.165) is 0 Å². The van der Waals surface area contributed by atoms with Crippen LogP contribution in [0.15, 0.2) is 42.1 Å². The zero-order valence-electron chi connectivity index (χ0n) is 15.5. The van der Waals surface area contributed by atoms with Crippen molar-refractivity contribution < 1.29 is 22.9 Å². The van der Waals surface area contributed by atoms with Crippen molar-refractivity contribution in [1.82, 2.24) is 14.8 Å². The number of alkyl halides is 3. The highest BCUT2D eigenvalue weighted by atomic mass is 32.1. The smallest absolute Gasteiger partial charge is 0.317 e. The van der Waals surface area contributed by atoms with Crippen LogP contribution in [0.1, 0.15) is 16.3 Å². The number of carbonyl (C=O) groups excluding carboxylic acids is 1. The summed E-state index contributed by atoms with van der Waals surface area (Å²) in [6.07, 6.45) is -1.91. The second-order valence-corrected chi connectivity index (χ2v) is 7.04. The van der Waals surface area contributed by atoms with Crippen LogP contribution >= 0.6 is 11.3 Å². The van der Waals surface area contributed by atoms with Crippen molar-refractivity contribution in [2.24, 2.45) is 0 Å². The molecule has 0 fully saturated rings. The molecular weight excluding hydrogens is 437 g/mol. The normalized spacial score (nSPS) is 11.8. The molecular formula is C18H11F3N6O3S. The van der Waals surface area contributed by atoms with Gasteiger partial charge in [-0.25, -0.2) is 0 Å². The summed E-state index contributed by atoms with van der Waals surface area (Å²) in [5.41, 5.74) is 0.963. The van der Waals surface area contributed by atoms with Gasteiger partial charge in [-0.1, -0.05) is 17.4 Å². The summed E-state index contributed by atoms with van der Waals surface area (Å²) >= 11 is 0.125. The summed E-state index contributed by atoms with van der Waals surface area (Å²) in [4.78, 5) is 22.9. The predicted octanol–water partition coefficient (Wildman–Crippen LogP) is 4.11. The van der Waals surface area contributed by atoms with Gasteiger partial charge >= 0.3 is 6.18 Å². The van der Waals surface area contributed by atoms with Gasteiger partial charge in [0.1, 0.15) is 11.6 Å². The molecule has 0 bridgehead atoms. The van der Waals surface area contributed by atoms with Crippen molar-refractivity contribution in [2.75, 3.05) is 5.32 Å². The van der Waals surface area contributed by atoms with Gasteiger partial charge in [0.15, 0.2) is 0 Å². The lowest BCUT2D eigenvalue weighted by molar-refractivity contribution is -0.384. The lowest BCUT2D eigenvalue weighted by atomic mass is 10.1. The molecule has 31 heavy (non-hydrogen) atoms. The minimum Gasteiger partial charge on any atom is -0.317 e. The van der Waals surface area contributed by atoms with E-state index in [1.165, 1.54) is 18.2 Å². The van der Waals surface area contributed by atoms with Crippen LogP contribution in [-0.4, -0.2) is 25.6 Å². The maximum atomic E-state index is 12.6. The fourth-order valence-corrected chi connectivity index (χ4v) is 3.16. The summed E-state index contributed by atoms with van der Waals surface area (Å²) in [5.74, 6) is -0.976. The third-order valence-electron chi connectivity index (χ3n) is 3.99. The number of halogens is 3. The monoisotopic (exact) mass is 448 g/mol. The number of carbonyl (C=O) groups is 1. The first-order valence-corrected chi connectivity index (χ1v) is 9.18. The quantitative estimate of drug-likeness (QED) is 0.271. The van der Waals surface area contributed by atoms with E-state index in [1.54, 1.807) is 42.0 Å². The van der Waals surface area contributed by atoms with Crippen molar-refractivity contribution >= 4 is 34.1 Å². The fraction of sp³-hybridized carbons (Fsp3) is 0.111. The van der Waals surface area contributed by atoms with Crippen molar-refractivity contribution in [1.29, 1.82) is 5.26 Å². The van der Waals surface area contributed by atoms with Crippen LogP contribution in [0.5, 0.6) is 0 Å². The van der Waals surface area contributed by atoms with E-state index in [4.69, 9.17) is 0 Å². The molecule has 0 aliphatic rings. The summed E-state index contributed by atoms with van der Waals surface area (Å²) in [5, 5.41) is 27.1. The molecule has 3 aromatic rings. The highest BCUT2D eigenvalue weighted by molar-refractivity contribution is 7.15. The molecule has 1 aromatic carbocycles. The van der Waals surface area contributed by atoms with E-state index in [2.05, 4.69) is 15.5 Å². The van der Waals surface area contributed by atoms with Gasteiger partial charge in [0.25, 0.3) is 11.6 Å². The van der Waals surface area contributed by atoms with E-state index in [0.29, 0.717) is 16.9 Å². The third kappa shape index (κ3) is 4.75. The number of nitro benzene ring substituents is 1. The molecule has 0 unspecified atom stereocenters. The predicted molar refractivity (Wildman–Crippen MR) is 104 cm³/mol. The first-order valence-electron chi connectivity index (χ1n) is 8.37. The van der Waals surface area contributed by atoms with E-state index in [-0.39, 0.29) is 17.0 Å². The highest BCUT2D eigenvalue weighted by Crippen LogP contribution is 2.33. The Bertz CT molecular complexity index is 1240. The molecule has 0 radical (unpaired) electrons. The number of anilines is 1. The van der Waals surface area contributed by atoms with Crippen LogP contribution in [0.3, 0.4) is 0 Å². The SMILES string of the molecule is Cc1ccc([N+](=O)[O-])cc1-n1cccc1C=C(C#N)C(=O)Nc1nnc(C(F)(F)F)s1. The molecule has 0 spiro atoms. The van der Waals surface area contributed by atoms with Crippen LogP contribution < -0.4 is 5.32 Å². The fourth-order valence-electron chi connectivity index (χ4n) is 2.55. The van der Waals surface area contributed by atoms with Crippen LogP contribution in [0, 0.1) is 28.4 Å². The average molecular weight is 448 g/mol. The molecule has 9 nitrogen and oxygen atoms in total. The number of non-ortho nitro benzene ring substituents is 1. The molecule has 2 aromatic heterocycles. The Morgan fingerprint density at radius 3 is 2.71 bits per heavy atom. The number of aromatic nitrogens is 3. The van der Waals surface area contributed by atoms with Gasteiger partial charge in [-0.15, -0.1) is 10.2 Å². The largest absolute Gasteiger partial charge is 0.445 e. The van der Waals surface area contributed by atoms with E-state index in [1.807, 2.05) is 0 Å². The van der Waals surface area contributed by atoms with E-state index < -0.39 is 32.7 Å². The molecule has 0 aliphatic carbocycles. The van der Waals surface area contributed by atoms with Crippen LogP contribution in [0.2, 0.25) is 0 Å². The zero-order chi connectivity index (χ0) is 22.8. The number of aryl methyl sites for hydroxylation is 1. The average Bonchev–Trinajstić information content (AvgIpc) is 3.35. The van der Waals surface area contributed by atoms with E-state index in [9.17, 15) is 33.3 Å². The number of nitriles is 1. The number of nitro groups is 1. The summed E-state index contributed by atoms with van der Waals surface area (Å²) in [7, 11) is 0. The highest BCUT2D eigenvalue weighted by Gasteiger charge is 2.35. The molecule has 3 rings (SSSR count). The topological polar surface area (TPSA) is 127 Å². The van der Waals surface area contributed by atoms with Crippen molar-refractivity contribution in [3.05, 3.63) is 68.5 Å². The Hall–Kier alpha value is -4.05. The second-order valence-electron chi connectivity index (χ2n) is 6.07. The second kappa shape index (κ2) is 8.36. The van der Waals surface area contributed by atoms with Crippen molar-refractivity contribution in [3.63, 3.8) is 0 Å². The van der Waals surface area contributed by atoms with E-state index >= 15 is 0 Å². The Balaban J connectivity index is 1.91. The molecule has 2 heterocycles. The summed E-state index contributed by atoms with van der Waals surface area (Å²) in [6.45, 7) is 1.73. The molecule has 1 amide bonds. The molecule has 158 valence electrons. The van der Waals surface area contributed by atoms with Gasteiger partial charge < -0.3 is 4.57 Å². The standard InChI is InChI=1S/C18H11F3N6O3S/c1-10-4-5-13(27(29)30)8-14(10)26-6-2-3-12(26)7-11(9-22)15(28)23-17-25-24-16(31-17)18(19,20)21/h2-8H,1H3,(H,23,25,28). The van der Waals surface area contributed by atoms with Crippen LogP contribution in [0.25, 0.3) is 11.8 Å². The van der Waals surface area contributed by atoms with Gasteiger partial charge in [-0.3, -0.25) is 20.2 Å². The Morgan fingerprint density at radius 2 is 2.10 bits per heavy atom. The van der Waals surface area contributed by atoms with Crippen molar-refractivity contribution in [3.8, 4) is 11.8 Å². The number of amides is 1. The van der Waals surface area contributed by atoms with Crippen LogP contribution in [-0.2, 0) is 11.0 Å². The number of hydrogen-bond acceptors (Lipinski definition) is 7. The summed E-state index contributed by atoms with van der Waals surface area (Å²) < 4.78 is 39.4. The maximum absolute atomic E-state index is 12.6. The molecule has 0 aliphatic heterocycles. The molecule has 1 N–H and O–H groups in total. The number of nitrogens with zero attached hydrogens (tertiary/aromatic N) is 5. The van der Waals surface area contributed by atoms with Gasteiger partial charge in [-0.05, 0) is 30.7 Å². The number of rotatable bonds is 5. The van der Waals surface area contributed by atoms with Gasteiger partial charge in [0.05, 0.1) is 10.6 Å². The molecule has 0 saturated heterocycles. The Kier molecular flexibility index (Phi) is 5.84. The first kappa shape index (κ1) is 21.7. The van der Waals surface area contributed by atoms with Gasteiger partial charge in [0.2, 0.25) is 10.1 Å². The first-order chi connectivity index (χ1) is 14.6. The molecule has 13 heteroatoms. The van der Waals surface area contributed by atoms with Crippen molar-refractivity contribution in [2.45, 2.75) is 13.1 Å². The lowest BCUT2D eigenvalue weighted by Crippen LogP contribution is -2.13. The number of hydrogen-bond donors (Lipinski definition) is 1. The zero-order valence-corrected chi connectivity index (χ0v) is 16.4. The minimum atomic E-state index is -4.70. The van der Waals surface area contributed by atoms with Gasteiger partial charge in [0, 0.05) is 24.0 Å². The van der Waals surface area contributed by atoms with Gasteiger partial charge in [-0.2, -0.15) is 18.4 Å². The Morgan fingerprint density at radius 1 is 1.35 bits per heavy atom.